The van der Waals surface area contributed by atoms with Gasteiger partial charge in [-0.25, -0.2) is 0 Å². The summed E-state index contributed by atoms with van der Waals surface area (Å²) in [6.07, 6.45) is 8.51. The van der Waals surface area contributed by atoms with Crippen LogP contribution in [0, 0.1) is 11.8 Å². The van der Waals surface area contributed by atoms with E-state index in [0.717, 1.165) is 11.8 Å². The van der Waals surface area contributed by atoms with E-state index >= 15 is 0 Å². The predicted molar refractivity (Wildman–Crippen MR) is 76.5 cm³/mol. The first-order chi connectivity index (χ1) is 8.35. The number of thiophene rings is 1. The first kappa shape index (κ1) is 13.1. The minimum absolute atomic E-state index is 0.595. The van der Waals surface area contributed by atoms with E-state index in [9.17, 15) is 0 Å². The number of hydrogen-bond donors (Lipinski definition) is 1. The molecule has 1 saturated carbocycles. The average molecular weight is 251 g/mol. The Morgan fingerprint density at radius 3 is 2.65 bits per heavy atom. The quantitative estimate of drug-likeness (QED) is 0.805. The third-order valence-electron chi connectivity index (χ3n) is 4.22. The van der Waals surface area contributed by atoms with E-state index in [1.807, 2.05) is 11.3 Å². The van der Waals surface area contributed by atoms with Gasteiger partial charge in [0.1, 0.15) is 0 Å². The van der Waals surface area contributed by atoms with Gasteiger partial charge in [-0.2, -0.15) is 0 Å². The van der Waals surface area contributed by atoms with E-state index in [4.69, 9.17) is 0 Å². The molecule has 0 aromatic carbocycles. The number of rotatable bonds is 5. The van der Waals surface area contributed by atoms with Gasteiger partial charge in [-0.15, -0.1) is 11.3 Å². The van der Waals surface area contributed by atoms with E-state index in [1.54, 1.807) is 0 Å². The van der Waals surface area contributed by atoms with Gasteiger partial charge in [-0.05, 0) is 43.2 Å². The topological polar surface area (TPSA) is 12.0 Å². The number of hydrogen-bond acceptors (Lipinski definition) is 2. The highest BCUT2D eigenvalue weighted by molar-refractivity contribution is 7.10. The van der Waals surface area contributed by atoms with E-state index in [-0.39, 0.29) is 0 Å². The molecule has 0 amide bonds. The summed E-state index contributed by atoms with van der Waals surface area (Å²) in [5.41, 5.74) is 0. The molecule has 1 unspecified atom stereocenters. The summed E-state index contributed by atoms with van der Waals surface area (Å²) >= 11 is 1.90. The Balaban J connectivity index is 1.90. The Morgan fingerprint density at radius 2 is 2.12 bits per heavy atom. The molecule has 1 heterocycles. The lowest BCUT2D eigenvalue weighted by Gasteiger charge is -2.33. The number of nitrogens with one attached hydrogen (secondary N) is 1. The van der Waals surface area contributed by atoms with Gasteiger partial charge in [0, 0.05) is 10.9 Å². The summed E-state index contributed by atoms with van der Waals surface area (Å²) < 4.78 is 0. The average Bonchev–Trinajstić information content (AvgIpc) is 2.86. The van der Waals surface area contributed by atoms with Gasteiger partial charge < -0.3 is 5.32 Å². The van der Waals surface area contributed by atoms with Crippen molar-refractivity contribution in [1.29, 1.82) is 0 Å². The van der Waals surface area contributed by atoms with Gasteiger partial charge in [-0.3, -0.25) is 0 Å². The minimum atomic E-state index is 0.595. The van der Waals surface area contributed by atoms with E-state index in [2.05, 4.69) is 36.8 Å². The van der Waals surface area contributed by atoms with Crippen LogP contribution in [-0.2, 0) is 0 Å². The van der Waals surface area contributed by atoms with Crippen LogP contribution in [0.4, 0.5) is 0 Å². The van der Waals surface area contributed by atoms with Crippen molar-refractivity contribution in [2.75, 3.05) is 7.05 Å². The minimum Gasteiger partial charge on any atom is -0.312 e. The first-order valence-electron chi connectivity index (χ1n) is 7.05. The highest BCUT2D eigenvalue weighted by atomic mass is 32.1. The summed E-state index contributed by atoms with van der Waals surface area (Å²) in [5.74, 6) is 1.86. The molecule has 1 atom stereocenters. The fourth-order valence-corrected chi connectivity index (χ4v) is 4.23. The van der Waals surface area contributed by atoms with E-state index in [0.29, 0.717) is 6.04 Å². The van der Waals surface area contributed by atoms with Gasteiger partial charge in [0.25, 0.3) is 0 Å². The molecule has 1 aromatic rings. The Bertz CT molecular complexity index is 299. The summed E-state index contributed by atoms with van der Waals surface area (Å²) in [5, 5.41) is 5.73. The monoisotopic (exact) mass is 251 g/mol. The molecule has 2 rings (SSSR count). The second kappa shape index (κ2) is 6.55. The van der Waals surface area contributed by atoms with Gasteiger partial charge in [0.05, 0.1) is 0 Å². The van der Waals surface area contributed by atoms with Crippen molar-refractivity contribution in [2.24, 2.45) is 11.8 Å². The van der Waals surface area contributed by atoms with Crippen molar-refractivity contribution >= 4 is 11.3 Å². The molecule has 2 heteroatoms. The SMILES string of the molecule is CCCC1CCC(C(NC)c2cccs2)CC1. The highest BCUT2D eigenvalue weighted by Crippen LogP contribution is 2.39. The molecule has 0 aliphatic heterocycles. The van der Waals surface area contributed by atoms with Gasteiger partial charge >= 0.3 is 0 Å². The van der Waals surface area contributed by atoms with E-state index in [1.165, 1.54) is 43.4 Å². The molecule has 1 aliphatic carbocycles. The lowest BCUT2D eigenvalue weighted by atomic mass is 9.77. The van der Waals surface area contributed by atoms with Crippen LogP contribution in [0.15, 0.2) is 17.5 Å². The lowest BCUT2D eigenvalue weighted by Crippen LogP contribution is -2.28. The smallest absolute Gasteiger partial charge is 0.0440 e. The zero-order valence-corrected chi connectivity index (χ0v) is 11.9. The Kier molecular flexibility index (Phi) is 5.05. The van der Waals surface area contributed by atoms with Crippen LogP contribution in [0.1, 0.15) is 56.4 Å². The van der Waals surface area contributed by atoms with Crippen molar-refractivity contribution in [3.8, 4) is 0 Å². The highest BCUT2D eigenvalue weighted by Gasteiger charge is 2.27. The van der Waals surface area contributed by atoms with Crippen molar-refractivity contribution in [3.63, 3.8) is 0 Å². The molecule has 0 spiro atoms. The molecular weight excluding hydrogens is 226 g/mol. The van der Waals surface area contributed by atoms with Crippen LogP contribution in [0.25, 0.3) is 0 Å². The molecule has 0 radical (unpaired) electrons. The lowest BCUT2D eigenvalue weighted by molar-refractivity contribution is 0.221. The fourth-order valence-electron chi connectivity index (χ4n) is 3.30. The van der Waals surface area contributed by atoms with Gasteiger partial charge in [-0.1, -0.05) is 38.7 Å². The normalized spacial score (nSPS) is 26.9. The van der Waals surface area contributed by atoms with Crippen LogP contribution >= 0.6 is 11.3 Å². The fraction of sp³-hybridized carbons (Fsp3) is 0.733. The van der Waals surface area contributed by atoms with Crippen LogP contribution < -0.4 is 5.32 Å². The maximum absolute atomic E-state index is 3.53. The maximum Gasteiger partial charge on any atom is 0.0440 e. The summed E-state index contributed by atoms with van der Waals surface area (Å²) in [6, 6.07) is 5.05. The van der Waals surface area contributed by atoms with Crippen LogP contribution in [-0.4, -0.2) is 7.05 Å². The molecular formula is C15H25NS. The molecule has 0 saturated heterocycles. The predicted octanol–water partition coefficient (Wildman–Crippen LogP) is 4.62. The maximum atomic E-state index is 3.53. The molecule has 17 heavy (non-hydrogen) atoms. The Labute approximate surface area is 110 Å². The van der Waals surface area contributed by atoms with Crippen molar-refractivity contribution in [2.45, 2.75) is 51.5 Å². The molecule has 96 valence electrons. The Morgan fingerprint density at radius 1 is 1.35 bits per heavy atom. The molecule has 1 fully saturated rings. The molecule has 1 N–H and O–H groups in total. The summed E-state index contributed by atoms with van der Waals surface area (Å²) in [4.78, 5) is 1.52. The van der Waals surface area contributed by atoms with Crippen LogP contribution in [0.3, 0.4) is 0 Å². The third kappa shape index (κ3) is 3.32. The second-order valence-corrected chi connectivity index (χ2v) is 6.33. The molecule has 1 aromatic heterocycles. The summed E-state index contributed by atoms with van der Waals surface area (Å²) in [7, 11) is 2.11. The second-order valence-electron chi connectivity index (χ2n) is 5.35. The van der Waals surface area contributed by atoms with E-state index < -0.39 is 0 Å². The standard InChI is InChI=1S/C15H25NS/c1-3-5-12-7-9-13(10-8-12)15(16-2)14-6-4-11-17-14/h4,6,11-13,15-16H,3,5,7-10H2,1-2H3. The zero-order valence-electron chi connectivity index (χ0n) is 11.1. The van der Waals surface area contributed by atoms with Crippen molar-refractivity contribution in [1.82, 2.24) is 5.32 Å². The summed E-state index contributed by atoms with van der Waals surface area (Å²) in [6.45, 7) is 2.31. The Hall–Kier alpha value is -0.340. The largest absolute Gasteiger partial charge is 0.312 e. The third-order valence-corrected chi connectivity index (χ3v) is 5.18. The first-order valence-corrected chi connectivity index (χ1v) is 7.93. The van der Waals surface area contributed by atoms with Crippen molar-refractivity contribution < 1.29 is 0 Å². The zero-order chi connectivity index (χ0) is 12.1. The van der Waals surface area contributed by atoms with Gasteiger partial charge in [0.15, 0.2) is 0 Å². The molecule has 1 aliphatic rings. The van der Waals surface area contributed by atoms with Crippen LogP contribution in [0.5, 0.6) is 0 Å². The van der Waals surface area contributed by atoms with Gasteiger partial charge in [0.2, 0.25) is 0 Å². The molecule has 1 nitrogen and oxygen atoms in total. The van der Waals surface area contributed by atoms with Crippen molar-refractivity contribution in [3.05, 3.63) is 22.4 Å². The molecule has 0 bridgehead atoms. The van der Waals surface area contributed by atoms with Crippen LogP contribution in [0.2, 0.25) is 0 Å².